The predicted octanol–water partition coefficient (Wildman–Crippen LogP) is 3.97. The van der Waals surface area contributed by atoms with E-state index in [1.807, 2.05) is 24.3 Å². The number of carbonyl (C=O) groups is 1. The number of carbonyl (C=O) groups excluding carboxylic acids is 1. The lowest BCUT2D eigenvalue weighted by Gasteiger charge is -2.29. The minimum absolute atomic E-state index is 0.0406. The molecule has 0 fully saturated rings. The Balaban J connectivity index is 1.68. The average Bonchev–Trinajstić information content (AvgIpc) is 3.44. The molecule has 28 heavy (non-hydrogen) atoms. The van der Waals surface area contributed by atoms with E-state index in [4.69, 9.17) is 0 Å². The minimum atomic E-state index is -0.0406. The Bertz CT molecular complexity index is 847. The largest absolute Gasteiger partial charge is 0.350 e. The third-order valence-electron chi connectivity index (χ3n) is 4.66. The Labute approximate surface area is 173 Å². The van der Waals surface area contributed by atoms with Gasteiger partial charge in [-0.1, -0.05) is 43.8 Å². The number of nitrogens with zero attached hydrogens (tertiary/aromatic N) is 3. The number of benzene rings is 1. The average molecular weight is 416 g/mol. The molecule has 0 bridgehead atoms. The van der Waals surface area contributed by atoms with Crippen LogP contribution < -0.4 is 5.32 Å². The monoisotopic (exact) mass is 415 g/mol. The van der Waals surface area contributed by atoms with Gasteiger partial charge in [-0.05, 0) is 47.1 Å². The Morgan fingerprint density at radius 2 is 2.11 bits per heavy atom. The Kier molecular flexibility index (Phi) is 7.64. The fourth-order valence-electron chi connectivity index (χ4n) is 3.15. The summed E-state index contributed by atoms with van der Waals surface area (Å²) in [6, 6.07) is 10.0. The second kappa shape index (κ2) is 10.4. The second-order valence-electron chi connectivity index (χ2n) is 6.24. The molecule has 0 aliphatic heterocycles. The van der Waals surface area contributed by atoms with E-state index in [0.29, 0.717) is 17.9 Å². The fourth-order valence-corrected chi connectivity index (χ4v) is 4.64. The van der Waals surface area contributed by atoms with Gasteiger partial charge in [-0.25, -0.2) is 4.98 Å². The van der Waals surface area contributed by atoms with Crippen molar-refractivity contribution in [3.63, 3.8) is 0 Å². The van der Waals surface area contributed by atoms with Crippen molar-refractivity contribution in [2.45, 2.75) is 30.8 Å². The maximum absolute atomic E-state index is 12.9. The number of thiophene rings is 1. The quantitative estimate of drug-likeness (QED) is 0.490. The van der Waals surface area contributed by atoms with Crippen LogP contribution >= 0.6 is 23.1 Å². The maximum atomic E-state index is 12.9. The lowest BCUT2D eigenvalue weighted by atomic mass is 10.1. The zero-order valence-electron chi connectivity index (χ0n) is 16.1. The summed E-state index contributed by atoms with van der Waals surface area (Å²) in [6.07, 6.45) is 1.48. The first-order valence-corrected chi connectivity index (χ1v) is 11.3. The number of thioether (sulfide) groups is 1. The van der Waals surface area contributed by atoms with Crippen molar-refractivity contribution in [2.24, 2.45) is 0 Å². The van der Waals surface area contributed by atoms with E-state index in [1.54, 1.807) is 11.3 Å². The van der Waals surface area contributed by atoms with Gasteiger partial charge in [-0.3, -0.25) is 14.8 Å². The van der Waals surface area contributed by atoms with Crippen LogP contribution in [0, 0.1) is 0 Å². The Morgan fingerprint density at radius 3 is 2.79 bits per heavy atom. The lowest BCUT2D eigenvalue weighted by molar-refractivity contribution is 0.0934. The van der Waals surface area contributed by atoms with Gasteiger partial charge in [0, 0.05) is 17.9 Å². The molecule has 8 heteroatoms. The van der Waals surface area contributed by atoms with Crippen LogP contribution in [0.2, 0.25) is 0 Å². The van der Waals surface area contributed by atoms with Gasteiger partial charge in [0.15, 0.2) is 5.16 Å². The molecule has 1 aromatic carbocycles. The summed E-state index contributed by atoms with van der Waals surface area (Å²) in [4.78, 5) is 19.4. The smallest absolute Gasteiger partial charge is 0.251 e. The molecule has 1 amide bonds. The molecule has 1 atom stereocenters. The third-order valence-corrected chi connectivity index (χ3v) is 6.28. The van der Waals surface area contributed by atoms with Gasteiger partial charge >= 0.3 is 0 Å². The number of rotatable bonds is 10. The molecule has 2 N–H and O–H groups in total. The van der Waals surface area contributed by atoms with Gasteiger partial charge in [-0.2, -0.15) is 16.4 Å². The highest BCUT2D eigenvalue weighted by Crippen LogP contribution is 2.23. The Morgan fingerprint density at radius 1 is 1.29 bits per heavy atom. The van der Waals surface area contributed by atoms with Gasteiger partial charge < -0.3 is 5.32 Å². The molecule has 1 unspecified atom stereocenters. The van der Waals surface area contributed by atoms with E-state index in [1.165, 1.54) is 23.7 Å². The number of H-pyrrole nitrogens is 1. The number of aromatic amines is 1. The molecule has 0 saturated heterocycles. The van der Waals surface area contributed by atoms with Crippen molar-refractivity contribution in [1.82, 2.24) is 25.4 Å². The number of nitrogens with one attached hydrogen (secondary N) is 2. The van der Waals surface area contributed by atoms with Gasteiger partial charge in [0.1, 0.15) is 6.33 Å². The summed E-state index contributed by atoms with van der Waals surface area (Å²) in [5.74, 6) is 0.615. The SMILES string of the molecule is CCN(CC)C(CNC(=O)c1ccccc1CSc1ncn[nH]1)c1ccsc1. The van der Waals surface area contributed by atoms with Crippen LogP contribution in [0.4, 0.5) is 0 Å². The van der Waals surface area contributed by atoms with Crippen molar-refractivity contribution >= 4 is 29.0 Å². The van der Waals surface area contributed by atoms with Crippen molar-refractivity contribution in [3.05, 3.63) is 64.1 Å². The summed E-state index contributed by atoms with van der Waals surface area (Å²) < 4.78 is 0. The highest BCUT2D eigenvalue weighted by molar-refractivity contribution is 7.98. The van der Waals surface area contributed by atoms with E-state index >= 15 is 0 Å². The third kappa shape index (κ3) is 5.21. The summed E-state index contributed by atoms with van der Waals surface area (Å²) in [5, 5.41) is 14.8. The molecule has 0 spiro atoms. The summed E-state index contributed by atoms with van der Waals surface area (Å²) >= 11 is 3.22. The van der Waals surface area contributed by atoms with Crippen molar-refractivity contribution in [1.29, 1.82) is 0 Å². The molecule has 3 aromatic rings. The molecule has 148 valence electrons. The number of hydrogen-bond donors (Lipinski definition) is 2. The normalized spacial score (nSPS) is 12.2. The molecule has 0 aliphatic carbocycles. The van der Waals surface area contributed by atoms with Crippen LogP contribution in [0.15, 0.2) is 52.6 Å². The Hall–Kier alpha value is -2.16. The first kappa shape index (κ1) is 20.6. The molecular formula is C20H25N5OS2. The molecule has 2 heterocycles. The highest BCUT2D eigenvalue weighted by Gasteiger charge is 2.20. The fraction of sp³-hybridized carbons (Fsp3) is 0.350. The van der Waals surface area contributed by atoms with Crippen molar-refractivity contribution < 1.29 is 4.79 Å². The predicted molar refractivity (Wildman–Crippen MR) is 115 cm³/mol. The molecule has 3 rings (SSSR count). The van der Waals surface area contributed by atoms with Gasteiger partial charge in [-0.15, -0.1) is 0 Å². The minimum Gasteiger partial charge on any atom is -0.350 e. The van der Waals surface area contributed by atoms with Crippen LogP contribution in [-0.2, 0) is 5.75 Å². The molecular weight excluding hydrogens is 390 g/mol. The molecule has 0 radical (unpaired) electrons. The van der Waals surface area contributed by atoms with Gasteiger partial charge in [0.05, 0.1) is 6.04 Å². The van der Waals surface area contributed by atoms with Crippen LogP contribution in [0.25, 0.3) is 0 Å². The first-order valence-electron chi connectivity index (χ1n) is 9.33. The van der Waals surface area contributed by atoms with Gasteiger partial charge in [0.2, 0.25) is 0 Å². The number of likely N-dealkylation sites (N-methyl/N-ethyl adjacent to an activating group) is 1. The highest BCUT2D eigenvalue weighted by atomic mass is 32.2. The second-order valence-corrected chi connectivity index (χ2v) is 7.98. The van der Waals surface area contributed by atoms with Crippen LogP contribution in [0.3, 0.4) is 0 Å². The lowest BCUT2D eigenvalue weighted by Crippen LogP contribution is -2.38. The van der Waals surface area contributed by atoms with Crippen molar-refractivity contribution in [3.8, 4) is 0 Å². The molecule has 0 aliphatic rings. The van der Waals surface area contributed by atoms with Crippen LogP contribution in [0.5, 0.6) is 0 Å². The zero-order valence-corrected chi connectivity index (χ0v) is 17.7. The summed E-state index contributed by atoms with van der Waals surface area (Å²) in [5.41, 5.74) is 2.94. The van der Waals surface area contributed by atoms with E-state index in [2.05, 4.69) is 56.1 Å². The van der Waals surface area contributed by atoms with Gasteiger partial charge in [0.25, 0.3) is 5.91 Å². The number of amides is 1. The van der Waals surface area contributed by atoms with E-state index in [9.17, 15) is 4.79 Å². The number of aromatic nitrogens is 3. The first-order chi connectivity index (χ1) is 13.7. The zero-order chi connectivity index (χ0) is 19.8. The van der Waals surface area contributed by atoms with E-state index < -0.39 is 0 Å². The molecule has 0 saturated carbocycles. The number of hydrogen-bond acceptors (Lipinski definition) is 6. The van der Waals surface area contributed by atoms with Crippen LogP contribution in [-0.4, -0.2) is 45.6 Å². The van der Waals surface area contributed by atoms with E-state index in [-0.39, 0.29) is 11.9 Å². The summed E-state index contributed by atoms with van der Waals surface area (Å²) in [7, 11) is 0. The molecule has 2 aromatic heterocycles. The molecule has 6 nitrogen and oxygen atoms in total. The van der Waals surface area contributed by atoms with Crippen molar-refractivity contribution in [2.75, 3.05) is 19.6 Å². The topological polar surface area (TPSA) is 73.9 Å². The van der Waals surface area contributed by atoms with E-state index in [0.717, 1.165) is 23.8 Å². The van der Waals surface area contributed by atoms with Crippen LogP contribution in [0.1, 0.15) is 41.4 Å². The standard InChI is InChI=1S/C20H25N5OS2/c1-3-25(4-2)18(16-9-10-27-12-16)11-21-19(26)17-8-6-5-7-15(17)13-28-20-22-14-23-24-20/h5-10,12,14,18H,3-4,11,13H2,1-2H3,(H,21,26)(H,22,23,24). The maximum Gasteiger partial charge on any atom is 0.251 e. The summed E-state index contributed by atoms with van der Waals surface area (Å²) in [6.45, 7) is 6.77.